The van der Waals surface area contributed by atoms with Gasteiger partial charge in [0.1, 0.15) is 0 Å². The molecular weight excluding hydrogens is 228 g/mol. The van der Waals surface area contributed by atoms with Gasteiger partial charge in [-0.05, 0) is 37.9 Å². The van der Waals surface area contributed by atoms with Crippen LogP contribution in [0, 0.1) is 0 Å². The zero-order chi connectivity index (χ0) is 10.5. The van der Waals surface area contributed by atoms with Crippen molar-refractivity contribution in [2.45, 2.75) is 30.3 Å². The van der Waals surface area contributed by atoms with E-state index in [1.54, 1.807) is 18.0 Å². The Morgan fingerprint density at radius 3 is 3.00 bits per heavy atom. The van der Waals surface area contributed by atoms with Crippen molar-refractivity contribution in [2.75, 3.05) is 12.3 Å². The highest BCUT2D eigenvalue weighted by Crippen LogP contribution is 2.20. The van der Waals surface area contributed by atoms with Crippen molar-refractivity contribution in [1.82, 2.24) is 10.3 Å². The van der Waals surface area contributed by atoms with E-state index >= 15 is 0 Å². The van der Waals surface area contributed by atoms with E-state index in [4.69, 9.17) is 11.6 Å². The molecule has 1 saturated carbocycles. The number of rotatable bonds is 6. The molecule has 82 valence electrons. The lowest BCUT2D eigenvalue weighted by Gasteiger charge is -2.02. The second kappa shape index (κ2) is 5.73. The molecule has 0 bridgehead atoms. The van der Waals surface area contributed by atoms with Gasteiger partial charge >= 0.3 is 0 Å². The Morgan fingerprint density at radius 1 is 1.47 bits per heavy atom. The average molecular weight is 243 g/mol. The van der Waals surface area contributed by atoms with Crippen molar-refractivity contribution in [1.29, 1.82) is 0 Å². The van der Waals surface area contributed by atoms with E-state index in [2.05, 4.69) is 10.3 Å². The lowest BCUT2D eigenvalue weighted by molar-refractivity contribution is 0.674. The molecule has 0 atom stereocenters. The Balaban J connectivity index is 1.58. The van der Waals surface area contributed by atoms with Crippen molar-refractivity contribution >= 4 is 23.4 Å². The molecule has 1 aromatic rings. The summed E-state index contributed by atoms with van der Waals surface area (Å²) in [7, 11) is 0. The van der Waals surface area contributed by atoms with E-state index < -0.39 is 0 Å². The lowest BCUT2D eigenvalue weighted by Crippen LogP contribution is -2.17. The van der Waals surface area contributed by atoms with Crippen LogP contribution in [0.2, 0.25) is 5.02 Å². The van der Waals surface area contributed by atoms with Crippen LogP contribution in [0.1, 0.15) is 19.3 Å². The normalized spacial score (nSPS) is 15.5. The smallest absolute Gasteiger partial charge is 0.0960 e. The summed E-state index contributed by atoms with van der Waals surface area (Å²) in [5.74, 6) is 1.12. The van der Waals surface area contributed by atoms with Gasteiger partial charge in [-0.3, -0.25) is 0 Å². The fourth-order valence-corrected chi connectivity index (χ4v) is 2.19. The maximum Gasteiger partial charge on any atom is 0.0960 e. The highest BCUT2D eigenvalue weighted by atomic mass is 35.5. The third kappa shape index (κ3) is 4.41. The molecule has 0 aromatic carbocycles. The van der Waals surface area contributed by atoms with Gasteiger partial charge in [0.2, 0.25) is 0 Å². The first-order valence-corrected chi connectivity index (χ1v) is 6.69. The molecule has 0 unspecified atom stereocenters. The molecule has 1 heterocycles. The number of nitrogens with zero attached hydrogens (tertiary/aromatic N) is 1. The Kier molecular flexibility index (Phi) is 4.29. The van der Waals surface area contributed by atoms with Crippen molar-refractivity contribution in [3.63, 3.8) is 0 Å². The highest BCUT2D eigenvalue weighted by molar-refractivity contribution is 7.99. The van der Waals surface area contributed by atoms with E-state index in [9.17, 15) is 0 Å². The van der Waals surface area contributed by atoms with Crippen LogP contribution >= 0.6 is 23.4 Å². The molecule has 4 heteroatoms. The highest BCUT2D eigenvalue weighted by Gasteiger charge is 2.19. The van der Waals surface area contributed by atoms with Gasteiger partial charge in [-0.15, -0.1) is 11.8 Å². The van der Waals surface area contributed by atoms with Crippen molar-refractivity contribution < 1.29 is 0 Å². The molecule has 0 radical (unpaired) electrons. The summed E-state index contributed by atoms with van der Waals surface area (Å²) in [6, 6.07) is 4.68. The number of pyridine rings is 1. The Bertz CT molecular complexity index is 298. The molecular formula is C11H15ClN2S. The molecule has 1 fully saturated rings. The molecule has 1 aliphatic carbocycles. The summed E-state index contributed by atoms with van der Waals surface area (Å²) in [6.07, 6.45) is 5.63. The zero-order valence-corrected chi connectivity index (χ0v) is 10.2. The van der Waals surface area contributed by atoms with Crippen LogP contribution in [0.5, 0.6) is 0 Å². The first-order valence-electron chi connectivity index (χ1n) is 5.32. The largest absolute Gasteiger partial charge is 0.314 e. The monoisotopic (exact) mass is 242 g/mol. The summed E-state index contributed by atoms with van der Waals surface area (Å²) in [5.41, 5.74) is 0. The summed E-state index contributed by atoms with van der Waals surface area (Å²) in [5, 5.41) is 5.26. The number of hydrogen-bond donors (Lipinski definition) is 1. The summed E-state index contributed by atoms with van der Waals surface area (Å²) < 4.78 is 0. The minimum atomic E-state index is 0.703. The lowest BCUT2D eigenvalue weighted by atomic mass is 10.5. The molecule has 1 N–H and O–H groups in total. The SMILES string of the molecule is Clc1ccc(SCCCNC2CC2)nc1. The molecule has 0 amide bonds. The van der Waals surface area contributed by atoms with Crippen LogP contribution < -0.4 is 5.32 Å². The maximum atomic E-state index is 5.76. The fraction of sp³-hybridized carbons (Fsp3) is 0.545. The Morgan fingerprint density at radius 2 is 2.33 bits per heavy atom. The number of halogens is 1. The second-order valence-electron chi connectivity index (χ2n) is 3.75. The van der Waals surface area contributed by atoms with Gasteiger partial charge in [-0.2, -0.15) is 0 Å². The predicted octanol–water partition coefficient (Wildman–Crippen LogP) is 2.97. The predicted molar refractivity (Wildman–Crippen MR) is 65.6 cm³/mol. The quantitative estimate of drug-likeness (QED) is 0.613. The number of nitrogens with one attached hydrogen (secondary N) is 1. The van der Waals surface area contributed by atoms with E-state index in [0.29, 0.717) is 5.02 Å². The molecule has 1 aliphatic rings. The Labute approximate surface area is 99.8 Å². The van der Waals surface area contributed by atoms with Crippen molar-refractivity contribution in [3.8, 4) is 0 Å². The first-order chi connectivity index (χ1) is 7.34. The summed E-state index contributed by atoms with van der Waals surface area (Å²) in [6.45, 7) is 1.13. The minimum absolute atomic E-state index is 0.703. The van der Waals surface area contributed by atoms with Crippen LogP contribution in [0.25, 0.3) is 0 Å². The van der Waals surface area contributed by atoms with E-state index in [-0.39, 0.29) is 0 Å². The summed E-state index contributed by atoms with van der Waals surface area (Å²) in [4.78, 5) is 4.23. The van der Waals surface area contributed by atoms with Gasteiger partial charge in [0, 0.05) is 18.0 Å². The topological polar surface area (TPSA) is 24.9 Å². The van der Waals surface area contributed by atoms with Crippen LogP contribution in [0.15, 0.2) is 23.4 Å². The third-order valence-electron chi connectivity index (χ3n) is 2.28. The van der Waals surface area contributed by atoms with Crippen LogP contribution in [0.3, 0.4) is 0 Å². The number of thioether (sulfide) groups is 1. The van der Waals surface area contributed by atoms with E-state index in [0.717, 1.165) is 23.4 Å². The molecule has 0 spiro atoms. The number of aromatic nitrogens is 1. The van der Waals surface area contributed by atoms with Crippen LogP contribution in [-0.2, 0) is 0 Å². The third-order valence-corrected chi connectivity index (χ3v) is 3.54. The van der Waals surface area contributed by atoms with Gasteiger partial charge in [0.25, 0.3) is 0 Å². The van der Waals surface area contributed by atoms with Crippen molar-refractivity contribution in [3.05, 3.63) is 23.4 Å². The van der Waals surface area contributed by atoms with Gasteiger partial charge in [-0.25, -0.2) is 4.98 Å². The molecule has 1 aromatic heterocycles. The zero-order valence-electron chi connectivity index (χ0n) is 8.58. The first kappa shape index (κ1) is 11.2. The van der Waals surface area contributed by atoms with Crippen molar-refractivity contribution in [2.24, 2.45) is 0 Å². The standard InChI is InChI=1S/C11H15ClN2S/c12-9-2-5-11(14-8-9)15-7-1-6-13-10-3-4-10/h2,5,8,10,13H,1,3-4,6-7H2. The van der Waals surface area contributed by atoms with Gasteiger partial charge < -0.3 is 5.32 Å². The average Bonchev–Trinajstić information content (AvgIpc) is 3.04. The van der Waals surface area contributed by atoms with Crippen LogP contribution in [0.4, 0.5) is 0 Å². The molecule has 0 saturated heterocycles. The molecule has 2 nitrogen and oxygen atoms in total. The molecule has 2 rings (SSSR count). The number of hydrogen-bond acceptors (Lipinski definition) is 3. The maximum absolute atomic E-state index is 5.76. The second-order valence-corrected chi connectivity index (χ2v) is 5.30. The van der Waals surface area contributed by atoms with E-state index in [1.165, 1.54) is 19.3 Å². The molecule has 15 heavy (non-hydrogen) atoms. The summed E-state index contributed by atoms with van der Waals surface area (Å²) >= 11 is 7.55. The van der Waals surface area contributed by atoms with Gasteiger partial charge in [0.05, 0.1) is 10.0 Å². The Hall–Kier alpha value is -0.250. The van der Waals surface area contributed by atoms with Crippen LogP contribution in [-0.4, -0.2) is 23.3 Å². The van der Waals surface area contributed by atoms with Gasteiger partial charge in [0.15, 0.2) is 0 Å². The molecule has 0 aliphatic heterocycles. The van der Waals surface area contributed by atoms with E-state index in [1.807, 2.05) is 12.1 Å². The van der Waals surface area contributed by atoms with Gasteiger partial charge in [-0.1, -0.05) is 11.6 Å². The fourth-order valence-electron chi connectivity index (χ4n) is 1.29. The minimum Gasteiger partial charge on any atom is -0.314 e.